The van der Waals surface area contributed by atoms with Crippen LogP contribution in [0.15, 0.2) is 51.7 Å². The Labute approximate surface area is 234 Å². The Hall–Kier alpha value is -3.42. The smallest absolute Gasteiger partial charge is 0.344 e. The molecule has 0 bridgehead atoms. The summed E-state index contributed by atoms with van der Waals surface area (Å²) in [5, 5.41) is 0.709. The first-order chi connectivity index (χ1) is 19.1. The first-order valence-corrected chi connectivity index (χ1v) is 14.1. The maximum Gasteiger partial charge on any atom is 0.344 e. The van der Waals surface area contributed by atoms with E-state index in [2.05, 4.69) is 6.92 Å². The quantitative estimate of drug-likeness (QED) is 0.101. The summed E-state index contributed by atoms with van der Waals surface area (Å²) in [7, 11) is 1.58. The fraction of sp³-hybridized carbons (Fsp3) is 0.500. The highest BCUT2D eigenvalue weighted by Gasteiger charge is 2.28. The average Bonchev–Trinajstić information content (AvgIpc) is 2.93. The van der Waals surface area contributed by atoms with Gasteiger partial charge in [0.25, 0.3) is 0 Å². The standard InChI is InChI=1S/C32H40F2O6/c1-5-6-7-10-23-11-14-26(29(19-23)37-4)27-20-24-12-13-25(21-28(24)40-31(27)36)38-17-8-15-32(33,34)16-9-18-39-30(35)22(2)3/h11-14,19-22H,5-10,15-18H2,1-4H3. The molecule has 0 aliphatic rings. The molecule has 0 N–H and O–H groups in total. The second-order valence-corrected chi connectivity index (χ2v) is 10.4. The second-order valence-electron chi connectivity index (χ2n) is 10.4. The number of halogens is 2. The molecule has 2 aromatic carbocycles. The second kappa shape index (κ2) is 14.8. The molecule has 0 saturated heterocycles. The molecule has 218 valence electrons. The number of benzene rings is 2. The number of unbranched alkanes of at least 4 members (excludes halogenated alkanes) is 2. The molecule has 0 atom stereocenters. The molecule has 1 aromatic heterocycles. The molecule has 3 rings (SSSR count). The van der Waals surface area contributed by atoms with E-state index in [4.69, 9.17) is 18.6 Å². The molecular formula is C32H40F2O6. The monoisotopic (exact) mass is 558 g/mol. The van der Waals surface area contributed by atoms with Gasteiger partial charge in [-0.1, -0.05) is 45.7 Å². The van der Waals surface area contributed by atoms with E-state index in [1.807, 2.05) is 18.2 Å². The van der Waals surface area contributed by atoms with Gasteiger partial charge in [0.15, 0.2) is 0 Å². The lowest BCUT2D eigenvalue weighted by molar-refractivity contribution is -0.148. The molecule has 0 aliphatic carbocycles. The van der Waals surface area contributed by atoms with Crippen LogP contribution in [-0.2, 0) is 16.0 Å². The topological polar surface area (TPSA) is 75.0 Å². The zero-order valence-corrected chi connectivity index (χ0v) is 23.9. The molecule has 0 unspecified atom stereocenters. The minimum absolute atomic E-state index is 0.00968. The molecule has 1 heterocycles. The van der Waals surface area contributed by atoms with E-state index in [1.165, 1.54) is 0 Å². The van der Waals surface area contributed by atoms with Crippen molar-refractivity contribution in [3.63, 3.8) is 0 Å². The number of esters is 1. The lowest BCUT2D eigenvalue weighted by Crippen LogP contribution is -2.19. The number of methoxy groups -OCH3 is 1. The number of hydrogen-bond acceptors (Lipinski definition) is 6. The molecular weight excluding hydrogens is 518 g/mol. The zero-order valence-electron chi connectivity index (χ0n) is 23.9. The number of fused-ring (bicyclic) bond motifs is 1. The summed E-state index contributed by atoms with van der Waals surface area (Å²) in [6.45, 7) is 5.64. The van der Waals surface area contributed by atoms with Gasteiger partial charge in [0.05, 0.1) is 31.8 Å². The van der Waals surface area contributed by atoms with Gasteiger partial charge in [-0.3, -0.25) is 4.79 Å². The molecule has 6 nitrogen and oxygen atoms in total. The van der Waals surface area contributed by atoms with Gasteiger partial charge in [0.1, 0.15) is 17.1 Å². The lowest BCUT2D eigenvalue weighted by atomic mass is 10.00. The summed E-state index contributed by atoms with van der Waals surface area (Å²) < 4.78 is 50.1. The minimum Gasteiger partial charge on any atom is -0.496 e. The van der Waals surface area contributed by atoms with Crippen molar-refractivity contribution in [1.29, 1.82) is 0 Å². The Morgan fingerprint density at radius 1 is 0.950 bits per heavy atom. The highest BCUT2D eigenvalue weighted by atomic mass is 19.3. The molecule has 0 fully saturated rings. The van der Waals surface area contributed by atoms with Gasteiger partial charge in [-0.2, -0.15) is 0 Å². The van der Waals surface area contributed by atoms with E-state index in [0.717, 1.165) is 31.2 Å². The Balaban J connectivity index is 1.58. The van der Waals surface area contributed by atoms with Crippen molar-refractivity contribution in [2.45, 2.75) is 78.1 Å². The largest absolute Gasteiger partial charge is 0.496 e. The molecule has 3 aromatic rings. The van der Waals surface area contributed by atoms with E-state index < -0.39 is 11.5 Å². The van der Waals surface area contributed by atoms with Crippen LogP contribution in [0, 0.1) is 5.92 Å². The molecule has 0 radical (unpaired) electrons. The summed E-state index contributed by atoms with van der Waals surface area (Å²) in [6, 6.07) is 12.7. The summed E-state index contributed by atoms with van der Waals surface area (Å²) in [5.74, 6) is -2.47. The van der Waals surface area contributed by atoms with Gasteiger partial charge in [0.2, 0.25) is 5.92 Å². The van der Waals surface area contributed by atoms with Crippen LogP contribution in [0.3, 0.4) is 0 Å². The van der Waals surface area contributed by atoms with Crippen molar-refractivity contribution in [3.05, 3.63) is 58.4 Å². The SMILES string of the molecule is CCCCCc1ccc(-c2cc3ccc(OCCCC(F)(F)CCCOC(=O)C(C)C)cc3oc2=O)c(OC)c1. The van der Waals surface area contributed by atoms with E-state index in [9.17, 15) is 18.4 Å². The van der Waals surface area contributed by atoms with Gasteiger partial charge in [-0.15, -0.1) is 0 Å². The summed E-state index contributed by atoms with van der Waals surface area (Å²) in [4.78, 5) is 24.3. The van der Waals surface area contributed by atoms with E-state index in [-0.39, 0.29) is 50.8 Å². The molecule has 8 heteroatoms. The summed E-state index contributed by atoms with van der Waals surface area (Å²) in [6.07, 6.45) is 3.92. The fourth-order valence-corrected chi connectivity index (χ4v) is 4.38. The third kappa shape index (κ3) is 9.07. The van der Waals surface area contributed by atoms with Crippen molar-refractivity contribution < 1.29 is 32.2 Å². The van der Waals surface area contributed by atoms with Gasteiger partial charge in [-0.05, 0) is 55.5 Å². The Morgan fingerprint density at radius 3 is 2.40 bits per heavy atom. The van der Waals surface area contributed by atoms with Crippen LogP contribution in [0.2, 0.25) is 0 Å². The van der Waals surface area contributed by atoms with Crippen molar-refractivity contribution in [1.82, 2.24) is 0 Å². The van der Waals surface area contributed by atoms with Crippen molar-refractivity contribution in [3.8, 4) is 22.6 Å². The van der Waals surface area contributed by atoms with Crippen molar-refractivity contribution in [2.24, 2.45) is 5.92 Å². The van der Waals surface area contributed by atoms with E-state index >= 15 is 0 Å². The van der Waals surface area contributed by atoms with Crippen molar-refractivity contribution in [2.75, 3.05) is 20.3 Å². The number of rotatable bonds is 16. The molecule has 40 heavy (non-hydrogen) atoms. The summed E-state index contributed by atoms with van der Waals surface area (Å²) in [5.41, 5.74) is 2.07. The highest BCUT2D eigenvalue weighted by molar-refractivity contribution is 5.84. The highest BCUT2D eigenvalue weighted by Crippen LogP contribution is 2.32. The average molecular weight is 559 g/mol. The number of aryl methyl sites for hydroxylation is 1. The first-order valence-electron chi connectivity index (χ1n) is 14.1. The number of alkyl halides is 2. The van der Waals surface area contributed by atoms with E-state index in [1.54, 1.807) is 45.2 Å². The molecule has 0 spiro atoms. The number of ether oxygens (including phenoxy) is 3. The predicted octanol–water partition coefficient (Wildman–Crippen LogP) is 7.98. The maximum atomic E-state index is 14.2. The maximum absolute atomic E-state index is 14.2. The van der Waals surface area contributed by atoms with E-state index in [0.29, 0.717) is 33.6 Å². The molecule has 0 saturated carbocycles. The number of carbonyl (C=O) groups is 1. The van der Waals surface area contributed by atoms with Crippen LogP contribution in [0.25, 0.3) is 22.1 Å². The number of hydrogen-bond donors (Lipinski definition) is 0. The Morgan fingerprint density at radius 2 is 1.70 bits per heavy atom. The Kier molecular flexibility index (Phi) is 11.5. The van der Waals surface area contributed by atoms with Gasteiger partial charge >= 0.3 is 11.6 Å². The molecule has 0 aliphatic heterocycles. The third-order valence-electron chi connectivity index (χ3n) is 6.69. The third-order valence-corrected chi connectivity index (χ3v) is 6.69. The minimum atomic E-state index is -2.87. The van der Waals surface area contributed by atoms with Crippen molar-refractivity contribution >= 4 is 16.9 Å². The predicted molar refractivity (Wildman–Crippen MR) is 152 cm³/mol. The first kappa shape index (κ1) is 31.1. The van der Waals surface area contributed by atoms with Gasteiger partial charge in [0, 0.05) is 29.9 Å². The van der Waals surface area contributed by atoms with Gasteiger partial charge < -0.3 is 18.6 Å². The normalized spacial score (nSPS) is 11.7. The lowest BCUT2D eigenvalue weighted by Gasteiger charge is -2.16. The van der Waals surface area contributed by atoms with Crippen LogP contribution in [0.1, 0.15) is 71.3 Å². The van der Waals surface area contributed by atoms with Crippen LogP contribution < -0.4 is 15.1 Å². The summed E-state index contributed by atoms with van der Waals surface area (Å²) >= 11 is 0. The van der Waals surface area contributed by atoms with Crippen LogP contribution in [-0.4, -0.2) is 32.2 Å². The fourth-order valence-electron chi connectivity index (χ4n) is 4.38. The molecule has 0 amide bonds. The van der Waals surface area contributed by atoms with Gasteiger partial charge in [-0.25, -0.2) is 13.6 Å². The zero-order chi connectivity index (χ0) is 29.1. The number of carbonyl (C=O) groups excluding carboxylic acids is 1. The van der Waals surface area contributed by atoms with Crippen LogP contribution >= 0.6 is 0 Å². The Bertz CT molecular complexity index is 1310. The van der Waals surface area contributed by atoms with Crippen LogP contribution in [0.5, 0.6) is 11.5 Å². The van der Waals surface area contributed by atoms with Crippen LogP contribution in [0.4, 0.5) is 8.78 Å².